The van der Waals surface area contributed by atoms with E-state index in [0.717, 1.165) is 17.9 Å². The normalized spacial score (nSPS) is 11.8. The van der Waals surface area contributed by atoms with Crippen molar-refractivity contribution in [1.82, 2.24) is 9.71 Å². The summed E-state index contributed by atoms with van der Waals surface area (Å²) in [4.78, 5) is 3.23. The van der Waals surface area contributed by atoms with Crippen molar-refractivity contribution in [2.24, 2.45) is 0 Å². The van der Waals surface area contributed by atoms with Crippen LogP contribution >= 0.6 is 0 Å². The lowest BCUT2D eigenvalue weighted by molar-refractivity contribution is -0.695. The number of benzene rings is 1. The van der Waals surface area contributed by atoms with E-state index in [0.29, 0.717) is 19.6 Å². The number of H-pyrrole nitrogens is 1. The molecule has 0 saturated carbocycles. The fraction of sp³-hybridized carbons (Fsp3) is 0.500. The van der Waals surface area contributed by atoms with Gasteiger partial charge < -0.3 is 21.7 Å². The second kappa shape index (κ2) is 9.53. The molecule has 2 aromatic rings. The Morgan fingerprint density at radius 1 is 1.27 bits per heavy atom. The van der Waals surface area contributed by atoms with Crippen LogP contribution in [0.15, 0.2) is 41.8 Å². The number of sulfonamides is 1. The third-order valence-electron chi connectivity index (χ3n) is 3.86. The maximum Gasteiger partial charge on any atom is 0.241 e. The minimum absolute atomic E-state index is 0. The van der Waals surface area contributed by atoms with Gasteiger partial charge in [-0.25, -0.2) is 17.7 Å². The van der Waals surface area contributed by atoms with Crippen LogP contribution in [0.1, 0.15) is 39.7 Å². The zero-order valence-electron chi connectivity index (χ0n) is 15.8. The molecule has 0 aliphatic carbocycles. The first-order chi connectivity index (χ1) is 11.7. The van der Waals surface area contributed by atoms with Crippen molar-refractivity contribution >= 4 is 10.0 Å². The highest BCUT2D eigenvalue weighted by atomic mass is 79.9. The van der Waals surface area contributed by atoms with Gasteiger partial charge in [0.05, 0.1) is 18.0 Å². The third kappa shape index (κ3) is 6.10. The standard InChI is InChI=1S/C18H27N3O3S.BrH/c1-5-24-17-8-7-15(13-16(17)18(2,3)4)25(22,23)20-9-6-11-21-12-10-19-14-21;/h7-8,10,12-14,20H,5-6,9,11H2,1-4H3;1H. The monoisotopic (exact) mass is 445 g/mol. The molecule has 0 saturated heterocycles. The summed E-state index contributed by atoms with van der Waals surface area (Å²) in [7, 11) is -3.54. The SMILES string of the molecule is CCOc1ccc(S(=O)(=O)NCCC[n+]2cc[nH]c2)cc1C(C)(C)C.[Br-]. The number of aryl methyl sites for hydroxylation is 1. The molecule has 0 bridgehead atoms. The quantitative estimate of drug-likeness (QED) is 0.419. The second-order valence-electron chi connectivity index (χ2n) is 6.94. The molecule has 2 rings (SSSR count). The lowest BCUT2D eigenvalue weighted by Crippen LogP contribution is -3.00. The van der Waals surface area contributed by atoms with Crippen LogP contribution in [-0.4, -0.2) is 26.6 Å². The van der Waals surface area contributed by atoms with Crippen molar-refractivity contribution in [2.45, 2.75) is 51.0 Å². The van der Waals surface area contributed by atoms with Crippen molar-refractivity contribution in [3.63, 3.8) is 0 Å². The van der Waals surface area contributed by atoms with E-state index < -0.39 is 10.0 Å². The summed E-state index contributed by atoms with van der Waals surface area (Å²) in [6.07, 6.45) is 6.30. The number of halogens is 1. The summed E-state index contributed by atoms with van der Waals surface area (Å²) in [6, 6.07) is 5.06. The Morgan fingerprint density at radius 2 is 2.00 bits per heavy atom. The van der Waals surface area contributed by atoms with E-state index in [1.807, 2.05) is 51.0 Å². The fourth-order valence-electron chi connectivity index (χ4n) is 2.55. The average Bonchev–Trinajstić information content (AvgIpc) is 3.04. The van der Waals surface area contributed by atoms with Gasteiger partial charge in [0.2, 0.25) is 16.4 Å². The molecule has 26 heavy (non-hydrogen) atoms. The maximum atomic E-state index is 12.6. The first kappa shape index (κ1) is 22.7. The number of aromatic nitrogens is 2. The molecule has 1 aromatic heterocycles. The smallest absolute Gasteiger partial charge is 0.241 e. The molecule has 0 spiro atoms. The van der Waals surface area contributed by atoms with Gasteiger partial charge in [-0.05, 0) is 37.0 Å². The first-order valence-electron chi connectivity index (χ1n) is 8.53. The van der Waals surface area contributed by atoms with Gasteiger partial charge in [-0.2, -0.15) is 0 Å². The molecular weight excluding hydrogens is 418 g/mol. The number of nitrogens with one attached hydrogen (secondary N) is 2. The Hall–Kier alpha value is -1.38. The molecule has 8 heteroatoms. The average molecular weight is 446 g/mol. The van der Waals surface area contributed by atoms with Gasteiger partial charge in [0.15, 0.2) is 0 Å². The summed E-state index contributed by atoms with van der Waals surface area (Å²) >= 11 is 0. The second-order valence-corrected chi connectivity index (χ2v) is 8.71. The number of rotatable bonds is 8. The Labute approximate surface area is 166 Å². The van der Waals surface area contributed by atoms with Gasteiger partial charge in [0.1, 0.15) is 18.1 Å². The minimum Gasteiger partial charge on any atom is -1.00 e. The highest BCUT2D eigenvalue weighted by molar-refractivity contribution is 7.89. The van der Waals surface area contributed by atoms with Crippen molar-refractivity contribution in [3.05, 3.63) is 42.5 Å². The molecule has 0 amide bonds. The number of hydrogen-bond acceptors (Lipinski definition) is 3. The lowest BCUT2D eigenvalue weighted by atomic mass is 9.86. The highest BCUT2D eigenvalue weighted by Gasteiger charge is 2.23. The summed E-state index contributed by atoms with van der Waals surface area (Å²) < 4.78 is 35.5. The van der Waals surface area contributed by atoms with Crippen molar-refractivity contribution < 1.29 is 34.7 Å². The third-order valence-corrected chi connectivity index (χ3v) is 5.32. The van der Waals surface area contributed by atoms with Crippen LogP contribution in [0.3, 0.4) is 0 Å². The number of aromatic amines is 1. The Kier molecular flexibility index (Phi) is 8.30. The number of ether oxygens (including phenoxy) is 1. The van der Waals surface area contributed by atoms with Gasteiger partial charge in [-0.15, -0.1) is 0 Å². The van der Waals surface area contributed by atoms with Gasteiger partial charge >= 0.3 is 0 Å². The van der Waals surface area contributed by atoms with E-state index in [9.17, 15) is 8.42 Å². The highest BCUT2D eigenvalue weighted by Crippen LogP contribution is 2.33. The molecule has 0 unspecified atom stereocenters. The number of nitrogens with zero attached hydrogens (tertiary/aromatic N) is 1. The summed E-state index contributed by atoms with van der Waals surface area (Å²) in [5, 5.41) is 0. The maximum absolute atomic E-state index is 12.6. The van der Waals surface area contributed by atoms with Crippen molar-refractivity contribution in [2.75, 3.05) is 13.2 Å². The van der Waals surface area contributed by atoms with Crippen LogP contribution in [0.2, 0.25) is 0 Å². The largest absolute Gasteiger partial charge is 1.00 e. The first-order valence-corrected chi connectivity index (χ1v) is 10.0. The van der Waals surface area contributed by atoms with E-state index in [4.69, 9.17) is 4.74 Å². The topological polar surface area (TPSA) is 75.1 Å². The lowest BCUT2D eigenvalue weighted by Gasteiger charge is -2.23. The molecule has 0 atom stereocenters. The number of hydrogen-bond donors (Lipinski definition) is 2. The molecule has 146 valence electrons. The van der Waals surface area contributed by atoms with Crippen LogP contribution in [0.25, 0.3) is 0 Å². The molecule has 1 heterocycles. The predicted octanol–water partition coefficient (Wildman–Crippen LogP) is -0.629. The molecule has 0 fully saturated rings. The zero-order chi connectivity index (χ0) is 18.5. The Balaban J connectivity index is 0.00000338. The van der Waals surface area contributed by atoms with Gasteiger partial charge in [0.25, 0.3) is 0 Å². The van der Waals surface area contributed by atoms with E-state index in [1.165, 1.54) is 0 Å². The zero-order valence-corrected chi connectivity index (χ0v) is 18.2. The molecule has 0 aliphatic heterocycles. The van der Waals surface area contributed by atoms with Crippen molar-refractivity contribution in [1.29, 1.82) is 0 Å². The Morgan fingerprint density at radius 3 is 2.58 bits per heavy atom. The van der Waals surface area contributed by atoms with Gasteiger partial charge in [-0.1, -0.05) is 20.8 Å². The van der Waals surface area contributed by atoms with Crippen LogP contribution in [0.4, 0.5) is 0 Å². The van der Waals surface area contributed by atoms with E-state index in [-0.39, 0.29) is 27.3 Å². The predicted molar refractivity (Wildman–Crippen MR) is 97.1 cm³/mol. The van der Waals surface area contributed by atoms with Crippen LogP contribution < -0.4 is 31.0 Å². The number of imidazole rings is 1. The van der Waals surface area contributed by atoms with Crippen LogP contribution in [-0.2, 0) is 22.0 Å². The van der Waals surface area contributed by atoms with E-state index in [2.05, 4.69) is 9.71 Å². The molecular formula is C18H28BrN3O3S. The van der Waals surface area contributed by atoms with E-state index in [1.54, 1.807) is 18.2 Å². The molecule has 6 nitrogen and oxygen atoms in total. The summed E-state index contributed by atoms with van der Waals surface area (Å²) in [5.41, 5.74) is 0.682. The van der Waals surface area contributed by atoms with Gasteiger partial charge in [-0.3, -0.25) is 4.98 Å². The molecule has 2 N–H and O–H groups in total. The van der Waals surface area contributed by atoms with Crippen LogP contribution in [0.5, 0.6) is 5.75 Å². The molecule has 1 aromatic carbocycles. The fourth-order valence-corrected chi connectivity index (χ4v) is 3.65. The Bertz CT molecular complexity index is 785. The van der Waals surface area contributed by atoms with E-state index >= 15 is 0 Å². The van der Waals surface area contributed by atoms with Crippen molar-refractivity contribution in [3.8, 4) is 5.75 Å². The molecule has 0 aliphatic rings. The van der Waals surface area contributed by atoms with Gasteiger partial charge in [0, 0.05) is 12.1 Å². The summed E-state index contributed by atoms with van der Waals surface area (Å²) in [5.74, 6) is 0.734. The van der Waals surface area contributed by atoms with Crippen LogP contribution in [0, 0.1) is 0 Å². The minimum atomic E-state index is -3.54. The molecule has 0 radical (unpaired) electrons. The summed E-state index contributed by atoms with van der Waals surface area (Å²) in [6.45, 7) is 9.74.